The van der Waals surface area contributed by atoms with Gasteiger partial charge in [0.25, 0.3) is 0 Å². The zero-order chi connectivity index (χ0) is 13.8. The van der Waals surface area contributed by atoms with Crippen LogP contribution in [0.15, 0.2) is 42.5 Å². The van der Waals surface area contributed by atoms with Gasteiger partial charge in [0.05, 0.1) is 11.8 Å². The largest absolute Gasteiger partial charge is 0.387 e. The summed E-state index contributed by atoms with van der Waals surface area (Å²) in [5.74, 6) is -0.855. The number of hydrogen-bond donors (Lipinski definition) is 2. The number of nitrogens with one attached hydrogen (secondary N) is 1. The van der Waals surface area contributed by atoms with Gasteiger partial charge in [-0.15, -0.1) is 0 Å². The van der Waals surface area contributed by atoms with E-state index in [1.165, 1.54) is 36.4 Å². The molecule has 2 rings (SSSR count). The molecular weight excluding hydrogens is 272 g/mol. The molecule has 0 heterocycles. The van der Waals surface area contributed by atoms with Crippen LogP contribution in [0.1, 0.15) is 11.7 Å². The molecule has 0 bridgehead atoms. The number of halogens is 3. The van der Waals surface area contributed by atoms with E-state index in [0.717, 1.165) is 0 Å². The fourth-order valence-corrected chi connectivity index (χ4v) is 1.80. The Morgan fingerprint density at radius 1 is 1.11 bits per heavy atom. The van der Waals surface area contributed by atoms with E-state index in [0.29, 0.717) is 10.6 Å². The van der Waals surface area contributed by atoms with Crippen molar-refractivity contribution >= 4 is 17.3 Å². The molecule has 2 nitrogen and oxygen atoms in total. The molecule has 1 unspecified atom stereocenters. The van der Waals surface area contributed by atoms with Crippen molar-refractivity contribution in [2.24, 2.45) is 0 Å². The maximum atomic E-state index is 13.5. The Kier molecular flexibility index (Phi) is 4.35. The van der Waals surface area contributed by atoms with E-state index in [1.54, 1.807) is 6.07 Å². The topological polar surface area (TPSA) is 32.3 Å². The fraction of sp³-hybridized carbons (Fsp3) is 0.143. The van der Waals surface area contributed by atoms with Crippen LogP contribution in [-0.4, -0.2) is 11.7 Å². The summed E-state index contributed by atoms with van der Waals surface area (Å²) in [6.45, 7) is 0.115. The first kappa shape index (κ1) is 13.8. The van der Waals surface area contributed by atoms with Gasteiger partial charge in [0.1, 0.15) is 11.6 Å². The maximum Gasteiger partial charge on any atom is 0.147 e. The molecule has 0 aromatic heterocycles. The lowest BCUT2D eigenvalue weighted by Gasteiger charge is -2.13. The summed E-state index contributed by atoms with van der Waals surface area (Å²) in [4.78, 5) is 0. The van der Waals surface area contributed by atoms with E-state index in [1.807, 2.05) is 0 Å². The predicted octanol–water partition coefficient (Wildman–Crippen LogP) is 3.76. The van der Waals surface area contributed by atoms with Crippen molar-refractivity contribution in [3.8, 4) is 0 Å². The summed E-state index contributed by atoms with van der Waals surface area (Å²) in [6, 6.07) is 9.74. The highest BCUT2D eigenvalue weighted by Crippen LogP contribution is 2.20. The highest BCUT2D eigenvalue weighted by atomic mass is 35.5. The summed E-state index contributed by atoms with van der Waals surface area (Å²) >= 11 is 5.64. The van der Waals surface area contributed by atoms with Gasteiger partial charge in [-0.2, -0.15) is 0 Å². The lowest BCUT2D eigenvalue weighted by Crippen LogP contribution is -2.13. The van der Waals surface area contributed by atoms with Crippen LogP contribution in [0, 0.1) is 11.6 Å². The third-order valence-electron chi connectivity index (χ3n) is 2.67. The van der Waals surface area contributed by atoms with Gasteiger partial charge in [0, 0.05) is 11.6 Å². The lowest BCUT2D eigenvalue weighted by atomic mass is 10.1. The van der Waals surface area contributed by atoms with Gasteiger partial charge in [-0.25, -0.2) is 8.78 Å². The van der Waals surface area contributed by atoms with Gasteiger partial charge in [-0.05, 0) is 35.9 Å². The first-order chi connectivity index (χ1) is 9.06. The second-order valence-corrected chi connectivity index (χ2v) is 4.51. The minimum Gasteiger partial charge on any atom is -0.387 e. The standard InChI is InChI=1S/C14H12ClF2NO/c15-10-3-6-13(12(17)7-10)18-8-14(19)9-1-4-11(16)5-2-9/h1-7,14,18-19H,8H2. The maximum absolute atomic E-state index is 13.5. The Hall–Kier alpha value is -1.65. The van der Waals surface area contributed by atoms with Crippen molar-refractivity contribution in [1.82, 2.24) is 0 Å². The molecule has 1 atom stereocenters. The Morgan fingerprint density at radius 3 is 2.42 bits per heavy atom. The molecule has 0 radical (unpaired) electrons. The average molecular weight is 284 g/mol. The molecule has 0 spiro atoms. The smallest absolute Gasteiger partial charge is 0.147 e. The van der Waals surface area contributed by atoms with Crippen LogP contribution < -0.4 is 5.32 Å². The number of aliphatic hydroxyl groups excluding tert-OH is 1. The van der Waals surface area contributed by atoms with Crippen LogP contribution in [0.25, 0.3) is 0 Å². The number of anilines is 1. The van der Waals surface area contributed by atoms with Crippen LogP contribution in [0.3, 0.4) is 0 Å². The highest BCUT2D eigenvalue weighted by molar-refractivity contribution is 6.30. The highest BCUT2D eigenvalue weighted by Gasteiger charge is 2.09. The molecule has 0 aliphatic rings. The first-order valence-electron chi connectivity index (χ1n) is 5.69. The number of hydrogen-bond acceptors (Lipinski definition) is 2. The third-order valence-corrected chi connectivity index (χ3v) is 2.91. The van der Waals surface area contributed by atoms with Gasteiger partial charge in [0.2, 0.25) is 0 Å². The quantitative estimate of drug-likeness (QED) is 0.895. The molecule has 2 aromatic rings. The molecule has 5 heteroatoms. The summed E-state index contributed by atoms with van der Waals surface area (Å²) in [7, 11) is 0. The van der Waals surface area contributed by atoms with E-state index in [2.05, 4.69) is 5.32 Å². The van der Waals surface area contributed by atoms with Crippen LogP contribution in [0.2, 0.25) is 5.02 Å². The summed E-state index contributed by atoms with van der Waals surface area (Å²) in [6.07, 6.45) is -0.851. The molecule has 19 heavy (non-hydrogen) atoms. The van der Waals surface area contributed by atoms with Crippen molar-refractivity contribution in [3.05, 3.63) is 64.7 Å². The molecule has 0 amide bonds. The lowest BCUT2D eigenvalue weighted by molar-refractivity contribution is 0.191. The normalized spacial score (nSPS) is 12.2. The van der Waals surface area contributed by atoms with Gasteiger partial charge >= 0.3 is 0 Å². The first-order valence-corrected chi connectivity index (χ1v) is 6.06. The molecule has 2 N–H and O–H groups in total. The van der Waals surface area contributed by atoms with Crippen molar-refractivity contribution in [3.63, 3.8) is 0 Å². The Bertz CT molecular complexity index is 560. The van der Waals surface area contributed by atoms with Crippen molar-refractivity contribution in [2.75, 3.05) is 11.9 Å². The van der Waals surface area contributed by atoms with Crippen LogP contribution >= 0.6 is 11.6 Å². The Balaban J connectivity index is 2.00. The summed E-state index contributed by atoms with van der Waals surface area (Å²) < 4.78 is 26.2. The summed E-state index contributed by atoms with van der Waals surface area (Å²) in [5.41, 5.74) is 0.814. The van der Waals surface area contributed by atoms with E-state index in [4.69, 9.17) is 11.6 Å². The molecule has 0 saturated carbocycles. The molecular formula is C14H12ClF2NO. The minimum atomic E-state index is -0.851. The molecule has 0 aliphatic carbocycles. The Morgan fingerprint density at radius 2 is 1.79 bits per heavy atom. The predicted molar refractivity (Wildman–Crippen MR) is 71.3 cm³/mol. The zero-order valence-electron chi connectivity index (χ0n) is 9.91. The molecule has 0 fully saturated rings. The van der Waals surface area contributed by atoms with E-state index < -0.39 is 11.9 Å². The van der Waals surface area contributed by atoms with Gasteiger partial charge in [-0.3, -0.25) is 0 Å². The van der Waals surface area contributed by atoms with Gasteiger partial charge < -0.3 is 10.4 Å². The zero-order valence-corrected chi connectivity index (χ0v) is 10.7. The number of benzene rings is 2. The van der Waals surface area contributed by atoms with Crippen molar-refractivity contribution < 1.29 is 13.9 Å². The molecule has 2 aromatic carbocycles. The van der Waals surface area contributed by atoms with E-state index >= 15 is 0 Å². The van der Waals surface area contributed by atoms with E-state index in [-0.39, 0.29) is 18.0 Å². The van der Waals surface area contributed by atoms with Crippen LogP contribution in [0.4, 0.5) is 14.5 Å². The van der Waals surface area contributed by atoms with E-state index in [9.17, 15) is 13.9 Å². The summed E-state index contributed by atoms with van der Waals surface area (Å²) in [5, 5.41) is 13.0. The minimum absolute atomic E-state index is 0.115. The molecule has 100 valence electrons. The van der Waals surface area contributed by atoms with Crippen molar-refractivity contribution in [2.45, 2.75) is 6.10 Å². The number of aliphatic hydroxyl groups is 1. The third kappa shape index (κ3) is 3.66. The second kappa shape index (κ2) is 5.99. The van der Waals surface area contributed by atoms with Crippen molar-refractivity contribution in [1.29, 1.82) is 0 Å². The number of rotatable bonds is 4. The Labute approximate surface area is 114 Å². The average Bonchev–Trinajstić information content (AvgIpc) is 2.38. The van der Waals surface area contributed by atoms with Crippen LogP contribution in [0.5, 0.6) is 0 Å². The molecule has 0 saturated heterocycles. The van der Waals surface area contributed by atoms with Gasteiger partial charge in [0.15, 0.2) is 0 Å². The fourth-order valence-electron chi connectivity index (χ4n) is 1.64. The van der Waals surface area contributed by atoms with Crippen LogP contribution in [-0.2, 0) is 0 Å². The monoisotopic (exact) mass is 283 g/mol. The molecule has 0 aliphatic heterocycles. The van der Waals surface area contributed by atoms with Gasteiger partial charge in [-0.1, -0.05) is 23.7 Å². The SMILES string of the molecule is OC(CNc1ccc(Cl)cc1F)c1ccc(F)cc1. The second-order valence-electron chi connectivity index (χ2n) is 4.07.